The fraction of sp³-hybridized carbons (Fsp3) is 0.387. The van der Waals surface area contributed by atoms with Crippen LogP contribution in [0, 0.1) is 11.8 Å². The number of hydrogen-bond acceptors (Lipinski definition) is 6. The van der Waals surface area contributed by atoms with Crippen LogP contribution in [0.1, 0.15) is 25.3 Å². The second-order valence-corrected chi connectivity index (χ2v) is 11.6. The molecule has 2 aliphatic heterocycles. The third kappa shape index (κ3) is 5.73. The summed E-state index contributed by atoms with van der Waals surface area (Å²) in [6.45, 7) is 2.80. The van der Waals surface area contributed by atoms with Crippen molar-refractivity contribution in [1.29, 1.82) is 0 Å². The molecule has 1 saturated heterocycles. The first-order chi connectivity index (χ1) is 19.7. The van der Waals surface area contributed by atoms with Gasteiger partial charge in [-0.3, -0.25) is 14.4 Å². The number of carbonyl (C=O) groups excluding carboxylic acids is 3. The molecule has 3 N–H and O–H groups in total. The molecule has 2 aliphatic rings. The van der Waals surface area contributed by atoms with E-state index in [9.17, 15) is 14.4 Å². The van der Waals surface area contributed by atoms with Crippen molar-refractivity contribution in [3.05, 3.63) is 64.6 Å². The van der Waals surface area contributed by atoms with Gasteiger partial charge in [0.25, 0.3) is 0 Å². The lowest BCUT2D eigenvalue weighted by Gasteiger charge is -2.37. The predicted molar refractivity (Wildman–Crippen MR) is 169 cm³/mol. The summed E-state index contributed by atoms with van der Waals surface area (Å²) in [6.07, 6.45) is 1.20. The molecule has 3 amide bonds. The lowest BCUT2D eigenvalue weighted by molar-refractivity contribution is -0.134. The second kappa shape index (κ2) is 13.0. The number of nitrogens with zero attached hydrogens (tertiary/aromatic N) is 2. The molecule has 224 valence electrons. The number of carbonyl (C=O) groups is 3. The van der Waals surface area contributed by atoms with Crippen LogP contribution in [-0.4, -0.2) is 57.2 Å². The lowest BCUT2D eigenvalue weighted by atomic mass is 9.83. The molecule has 0 spiro atoms. The van der Waals surface area contributed by atoms with Gasteiger partial charge < -0.3 is 30.3 Å². The van der Waals surface area contributed by atoms with Crippen LogP contribution in [0.3, 0.4) is 0 Å². The van der Waals surface area contributed by atoms with E-state index in [0.29, 0.717) is 43.2 Å². The number of methoxy groups -OCH3 is 1. The van der Waals surface area contributed by atoms with Gasteiger partial charge in [0.05, 0.1) is 30.9 Å². The SMILES string of the molecule is CNC(C)(C(N)=O)[C@@H]1CN(C(=O)C2CCOCC2)c2ccccc2N(Cc2c(OC)ccc3cc(Br)ccc23)C1=O.Cl. The van der Waals surface area contributed by atoms with Gasteiger partial charge >= 0.3 is 0 Å². The number of anilines is 2. The van der Waals surface area contributed by atoms with E-state index in [0.717, 1.165) is 20.8 Å². The van der Waals surface area contributed by atoms with E-state index >= 15 is 0 Å². The van der Waals surface area contributed by atoms with Gasteiger partial charge in [-0.15, -0.1) is 12.4 Å². The molecule has 42 heavy (non-hydrogen) atoms. The van der Waals surface area contributed by atoms with Crippen LogP contribution >= 0.6 is 28.3 Å². The van der Waals surface area contributed by atoms with Gasteiger partial charge in [-0.25, -0.2) is 0 Å². The van der Waals surface area contributed by atoms with Crippen LogP contribution in [-0.2, 0) is 25.7 Å². The quantitative estimate of drug-likeness (QED) is 0.388. The summed E-state index contributed by atoms with van der Waals surface area (Å²) < 4.78 is 12.2. The number of ether oxygens (including phenoxy) is 2. The molecule has 11 heteroatoms. The Morgan fingerprint density at radius 3 is 2.45 bits per heavy atom. The second-order valence-electron chi connectivity index (χ2n) is 10.7. The maximum absolute atomic E-state index is 14.6. The molecule has 9 nitrogen and oxygen atoms in total. The van der Waals surface area contributed by atoms with Gasteiger partial charge in [-0.2, -0.15) is 0 Å². The van der Waals surface area contributed by atoms with Crippen molar-refractivity contribution in [2.45, 2.75) is 31.8 Å². The fourth-order valence-corrected chi connectivity index (χ4v) is 6.26. The molecule has 5 rings (SSSR count). The summed E-state index contributed by atoms with van der Waals surface area (Å²) in [7, 11) is 3.21. The molecule has 0 aliphatic carbocycles. The van der Waals surface area contributed by atoms with Crippen molar-refractivity contribution in [1.82, 2.24) is 5.32 Å². The Morgan fingerprint density at radius 1 is 1.12 bits per heavy atom. The minimum absolute atomic E-state index is 0. The van der Waals surface area contributed by atoms with Crippen LogP contribution in [0.2, 0.25) is 0 Å². The van der Waals surface area contributed by atoms with Gasteiger partial charge in [0.15, 0.2) is 0 Å². The monoisotopic (exact) mass is 658 g/mol. The third-order valence-corrected chi connectivity index (χ3v) is 9.04. The number of likely N-dealkylation sites (N-methyl/N-ethyl adjacent to an activating group) is 1. The molecule has 3 aromatic carbocycles. The molecule has 0 saturated carbocycles. The number of nitrogens with one attached hydrogen (secondary N) is 1. The fourth-order valence-electron chi connectivity index (χ4n) is 5.88. The zero-order valence-corrected chi connectivity index (χ0v) is 26.3. The third-order valence-electron chi connectivity index (χ3n) is 8.54. The van der Waals surface area contributed by atoms with Crippen LogP contribution in [0.15, 0.2) is 59.1 Å². The van der Waals surface area contributed by atoms with Gasteiger partial charge in [0, 0.05) is 35.7 Å². The van der Waals surface area contributed by atoms with E-state index in [1.54, 1.807) is 30.9 Å². The van der Waals surface area contributed by atoms with Crippen molar-refractivity contribution < 1.29 is 23.9 Å². The number of para-hydroxylation sites is 2. The van der Waals surface area contributed by atoms with E-state index in [2.05, 4.69) is 21.2 Å². The molecule has 1 unspecified atom stereocenters. The highest BCUT2D eigenvalue weighted by Gasteiger charge is 2.49. The summed E-state index contributed by atoms with van der Waals surface area (Å²) in [4.78, 5) is 44.9. The minimum atomic E-state index is -1.42. The predicted octanol–water partition coefficient (Wildman–Crippen LogP) is 4.42. The molecule has 0 radical (unpaired) electrons. The van der Waals surface area contributed by atoms with Crippen molar-refractivity contribution in [3.63, 3.8) is 0 Å². The number of benzene rings is 3. The van der Waals surface area contributed by atoms with E-state index in [-0.39, 0.29) is 43.2 Å². The van der Waals surface area contributed by atoms with E-state index < -0.39 is 17.4 Å². The van der Waals surface area contributed by atoms with Gasteiger partial charge in [-0.1, -0.05) is 40.2 Å². The number of rotatable bonds is 7. The Hall–Kier alpha value is -3.18. The summed E-state index contributed by atoms with van der Waals surface area (Å²) in [5, 5.41) is 4.92. The maximum atomic E-state index is 14.6. The van der Waals surface area contributed by atoms with Crippen LogP contribution < -0.4 is 25.6 Å². The number of hydrogen-bond donors (Lipinski definition) is 2. The Morgan fingerprint density at radius 2 is 1.81 bits per heavy atom. The van der Waals surface area contributed by atoms with Crippen LogP contribution in [0.25, 0.3) is 10.8 Å². The minimum Gasteiger partial charge on any atom is -0.496 e. The van der Waals surface area contributed by atoms with Crippen LogP contribution in [0.4, 0.5) is 11.4 Å². The number of nitrogens with two attached hydrogens (primary N) is 1. The molecule has 1 fully saturated rings. The first-order valence-corrected chi connectivity index (χ1v) is 14.5. The van der Waals surface area contributed by atoms with Crippen molar-refractivity contribution in [2.24, 2.45) is 17.6 Å². The molecular formula is C31H36BrClN4O5. The highest BCUT2D eigenvalue weighted by molar-refractivity contribution is 9.10. The number of amides is 3. The summed E-state index contributed by atoms with van der Waals surface area (Å²) in [5.74, 6) is -1.65. The van der Waals surface area contributed by atoms with Crippen molar-refractivity contribution in [2.75, 3.05) is 43.7 Å². The summed E-state index contributed by atoms with van der Waals surface area (Å²) in [6, 6.07) is 17.2. The van der Waals surface area contributed by atoms with Crippen LogP contribution in [0.5, 0.6) is 5.75 Å². The molecule has 2 heterocycles. The lowest BCUT2D eigenvalue weighted by Crippen LogP contribution is -2.63. The molecule has 3 aromatic rings. The molecule has 0 aromatic heterocycles. The van der Waals surface area contributed by atoms with Gasteiger partial charge in [0.2, 0.25) is 17.7 Å². The summed E-state index contributed by atoms with van der Waals surface area (Å²) >= 11 is 3.54. The van der Waals surface area contributed by atoms with E-state index in [1.807, 2.05) is 54.6 Å². The average Bonchev–Trinajstić information content (AvgIpc) is 3.11. The van der Waals surface area contributed by atoms with Gasteiger partial charge in [0.1, 0.15) is 11.3 Å². The highest BCUT2D eigenvalue weighted by atomic mass is 79.9. The normalized spacial score (nSPS) is 19.0. The Balaban J connectivity index is 0.00000405. The zero-order chi connectivity index (χ0) is 29.3. The zero-order valence-electron chi connectivity index (χ0n) is 23.9. The Labute approximate surface area is 260 Å². The molecule has 2 atom stereocenters. The Kier molecular flexibility index (Phi) is 9.82. The topological polar surface area (TPSA) is 114 Å². The standard InChI is InChI=1S/C31H35BrN4O5.ClH/c1-31(34-2,30(33)39)24-18-36(28(37)19-12-14-41-15-13-19)26-7-5-4-6-25(26)35(29(24)38)17-23-22-10-9-21(32)16-20(22)8-11-27(23)40-3;/h4-11,16,19,24,34H,12-15,17-18H2,1-3H3,(H2,33,39);1H/t24-,31?;/m1./s1. The smallest absolute Gasteiger partial charge is 0.238 e. The first-order valence-electron chi connectivity index (χ1n) is 13.7. The van der Waals surface area contributed by atoms with Gasteiger partial charge in [-0.05, 0) is 67.9 Å². The average molecular weight is 660 g/mol. The van der Waals surface area contributed by atoms with Crippen molar-refractivity contribution in [3.8, 4) is 5.75 Å². The number of halogens is 2. The molecular weight excluding hydrogens is 624 g/mol. The maximum Gasteiger partial charge on any atom is 0.238 e. The first kappa shape index (κ1) is 31.7. The summed E-state index contributed by atoms with van der Waals surface area (Å²) in [5.41, 5.74) is 6.51. The molecule has 0 bridgehead atoms. The number of primary amides is 1. The number of fused-ring (bicyclic) bond motifs is 2. The highest BCUT2D eigenvalue weighted by Crippen LogP contribution is 2.41. The van der Waals surface area contributed by atoms with E-state index in [4.69, 9.17) is 15.2 Å². The Bertz CT molecular complexity index is 1500. The van der Waals surface area contributed by atoms with E-state index in [1.165, 1.54) is 0 Å². The van der Waals surface area contributed by atoms with Crippen molar-refractivity contribution >= 4 is 68.2 Å². The largest absolute Gasteiger partial charge is 0.496 e.